The summed E-state index contributed by atoms with van der Waals surface area (Å²) in [5, 5.41) is 2.84. The summed E-state index contributed by atoms with van der Waals surface area (Å²) in [6.07, 6.45) is 1.29. The summed E-state index contributed by atoms with van der Waals surface area (Å²) >= 11 is 0. The molecule has 0 saturated carbocycles. The summed E-state index contributed by atoms with van der Waals surface area (Å²) in [6, 6.07) is 0. The van der Waals surface area contributed by atoms with Crippen LogP contribution in [0.1, 0.15) is 0 Å². The minimum absolute atomic E-state index is 0.0654. The van der Waals surface area contributed by atoms with Crippen molar-refractivity contribution in [2.24, 2.45) is 0 Å². The average molecular weight is 128 g/mol. The maximum absolute atomic E-state index is 10.7. The molecule has 52 valence electrons. The highest BCUT2D eigenvalue weighted by atomic mass is 16.2. The first-order chi connectivity index (χ1) is 4.22. The largest absolute Gasteiger partial charge is 0.329 e. The fourth-order valence-electron chi connectivity index (χ4n) is 0.471. The molecule has 1 amide bonds. The summed E-state index contributed by atoms with van der Waals surface area (Å²) < 4.78 is 0. The number of hydrogen-bond donors (Lipinski definition) is 1. The number of hydrogen-bond acceptors (Lipinski definition) is 2. The Labute approximate surface area is 55.3 Å². The highest BCUT2D eigenvalue weighted by molar-refractivity contribution is 5.86. The number of rotatable bonds is 3. The molecule has 0 saturated heterocycles. The van der Waals surface area contributed by atoms with Crippen molar-refractivity contribution in [2.75, 3.05) is 20.8 Å². The van der Waals surface area contributed by atoms with E-state index in [1.807, 2.05) is 0 Å². The molecule has 0 fully saturated rings. The van der Waals surface area contributed by atoms with E-state index in [0.29, 0.717) is 6.67 Å². The van der Waals surface area contributed by atoms with Gasteiger partial charge >= 0.3 is 0 Å². The van der Waals surface area contributed by atoms with Gasteiger partial charge < -0.3 is 10.2 Å². The molecule has 0 radical (unpaired) electrons. The Morgan fingerprint density at radius 3 is 2.78 bits per heavy atom. The fraction of sp³-hybridized carbons (Fsp3) is 0.500. The molecule has 0 aromatic carbocycles. The van der Waals surface area contributed by atoms with E-state index < -0.39 is 0 Å². The van der Waals surface area contributed by atoms with Crippen LogP contribution in [0.15, 0.2) is 12.7 Å². The first-order valence-electron chi connectivity index (χ1n) is 2.74. The van der Waals surface area contributed by atoms with E-state index in [1.165, 1.54) is 11.0 Å². The standard InChI is InChI=1S/C6H12N2O/c1-4-6(9)8(3)5-7-2/h4,7H,1,5H2,2-3H3. The van der Waals surface area contributed by atoms with Gasteiger partial charge in [-0.1, -0.05) is 6.58 Å². The summed E-state index contributed by atoms with van der Waals surface area (Å²) in [4.78, 5) is 12.2. The van der Waals surface area contributed by atoms with E-state index in [0.717, 1.165) is 0 Å². The molecule has 0 heterocycles. The maximum Gasteiger partial charge on any atom is 0.246 e. The van der Waals surface area contributed by atoms with Crippen LogP contribution in [0.3, 0.4) is 0 Å². The Morgan fingerprint density at radius 1 is 1.89 bits per heavy atom. The van der Waals surface area contributed by atoms with Gasteiger partial charge in [-0.3, -0.25) is 4.79 Å². The number of likely N-dealkylation sites (N-methyl/N-ethyl adjacent to an activating group) is 1. The third kappa shape index (κ3) is 2.87. The normalized spacial score (nSPS) is 8.67. The summed E-state index contributed by atoms with van der Waals surface area (Å²) in [6.45, 7) is 3.91. The Hall–Kier alpha value is -0.830. The predicted molar refractivity (Wildman–Crippen MR) is 36.9 cm³/mol. The molecule has 3 heteroatoms. The number of nitrogens with zero attached hydrogens (tertiary/aromatic N) is 1. The number of carbonyl (C=O) groups is 1. The molecule has 0 spiro atoms. The van der Waals surface area contributed by atoms with Crippen LogP contribution >= 0.6 is 0 Å². The van der Waals surface area contributed by atoms with Crippen molar-refractivity contribution >= 4 is 5.91 Å². The van der Waals surface area contributed by atoms with Gasteiger partial charge in [-0.15, -0.1) is 0 Å². The van der Waals surface area contributed by atoms with Crippen molar-refractivity contribution < 1.29 is 4.79 Å². The van der Waals surface area contributed by atoms with Gasteiger partial charge in [-0.05, 0) is 13.1 Å². The molecule has 0 rings (SSSR count). The highest BCUT2D eigenvalue weighted by Gasteiger charge is 1.99. The molecule has 9 heavy (non-hydrogen) atoms. The van der Waals surface area contributed by atoms with Gasteiger partial charge in [0.2, 0.25) is 5.91 Å². The van der Waals surface area contributed by atoms with Gasteiger partial charge in [-0.25, -0.2) is 0 Å². The molecular weight excluding hydrogens is 116 g/mol. The lowest BCUT2D eigenvalue weighted by Crippen LogP contribution is -2.32. The monoisotopic (exact) mass is 128 g/mol. The molecule has 3 nitrogen and oxygen atoms in total. The second kappa shape index (κ2) is 4.09. The van der Waals surface area contributed by atoms with Crippen LogP contribution in [0.5, 0.6) is 0 Å². The van der Waals surface area contributed by atoms with Gasteiger partial charge in [0.1, 0.15) is 0 Å². The van der Waals surface area contributed by atoms with E-state index in [4.69, 9.17) is 0 Å². The topological polar surface area (TPSA) is 32.3 Å². The summed E-state index contributed by atoms with van der Waals surface area (Å²) in [7, 11) is 3.49. The molecule has 0 aliphatic rings. The quantitative estimate of drug-likeness (QED) is 0.422. The molecular formula is C6H12N2O. The van der Waals surface area contributed by atoms with Crippen molar-refractivity contribution in [3.05, 3.63) is 12.7 Å². The van der Waals surface area contributed by atoms with E-state index in [1.54, 1.807) is 14.1 Å². The zero-order valence-electron chi connectivity index (χ0n) is 5.85. The first kappa shape index (κ1) is 8.17. The Bertz CT molecular complexity index is 112. The predicted octanol–water partition coefficient (Wildman–Crippen LogP) is -0.192. The van der Waals surface area contributed by atoms with Crippen LogP contribution in [0.2, 0.25) is 0 Å². The summed E-state index contributed by atoms with van der Waals surface area (Å²) in [5.74, 6) is -0.0654. The molecule has 0 bridgehead atoms. The SMILES string of the molecule is C=CC(=O)N(C)CNC. The van der Waals surface area contributed by atoms with E-state index in [9.17, 15) is 4.79 Å². The van der Waals surface area contributed by atoms with Gasteiger partial charge in [0.05, 0.1) is 6.67 Å². The zero-order chi connectivity index (χ0) is 7.28. The van der Waals surface area contributed by atoms with Gasteiger partial charge in [0, 0.05) is 7.05 Å². The smallest absolute Gasteiger partial charge is 0.246 e. The van der Waals surface area contributed by atoms with Crippen LogP contribution in [0, 0.1) is 0 Å². The molecule has 0 aliphatic heterocycles. The van der Waals surface area contributed by atoms with Crippen molar-refractivity contribution in [3.8, 4) is 0 Å². The number of amides is 1. The minimum atomic E-state index is -0.0654. The van der Waals surface area contributed by atoms with Crippen molar-refractivity contribution in [1.29, 1.82) is 0 Å². The van der Waals surface area contributed by atoms with Crippen molar-refractivity contribution in [3.63, 3.8) is 0 Å². The van der Waals surface area contributed by atoms with E-state index >= 15 is 0 Å². The molecule has 0 aromatic heterocycles. The Balaban J connectivity index is 3.58. The third-order valence-electron chi connectivity index (χ3n) is 0.946. The van der Waals surface area contributed by atoms with Crippen molar-refractivity contribution in [1.82, 2.24) is 10.2 Å². The summed E-state index contributed by atoms with van der Waals surface area (Å²) in [5.41, 5.74) is 0. The second-order valence-corrected chi connectivity index (χ2v) is 1.75. The van der Waals surface area contributed by atoms with E-state index in [2.05, 4.69) is 11.9 Å². The highest BCUT2D eigenvalue weighted by Crippen LogP contribution is 1.80. The first-order valence-corrected chi connectivity index (χ1v) is 2.74. The maximum atomic E-state index is 10.7. The van der Waals surface area contributed by atoms with Crippen LogP contribution in [0.25, 0.3) is 0 Å². The van der Waals surface area contributed by atoms with Gasteiger partial charge in [0.15, 0.2) is 0 Å². The van der Waals surface area contributed by atoms with Gasteiger partial charge in [-0.2, -0.15) is 0 Å². The molecule has 0 atom stereocenters. The molecule has 0 aliphatic carbocycles. The zero-order valence-corrected chi connectivity index (χ0v) is 5.85. The van der Waals surface area contributed by atoms with Crippen LogP contribution < -0.4 is 5.32 Å². The lowest BCUT2D eigenvalue weighted by atomic mass is 10.5. The Kier molecular flexibility index (Phi) is 3.71. The average Bonchev–Trinajstić information content (AvgIpc) is 1.87. The lowest BCUT2D eigenvalue weighted by Gasteiger charge is -2.12. The molecule has 0 unspecified atom stereocenters. The second-order valence-electron chi connectivity index (χ2n) is 1.75. The number of carbonyl (C=O) groups excluding carboxylic acids is 1. The van der Waals surface area contributed by atoms with Crippen LogP contribution in [0.4, 0.5) is 0 Å². The fourth-order valence-corrected chi connectivity index (χ4v) is 0.471. The van der Waals surface area contributed by atoms with Crippen LogP contribution in [-0.2, 0) is 4.79 Å². The molecule has 1 N–H and O–H groups in total. The van der Waals surface area contributed by atoms with Crippen molar-refractivity contribution in [2.45, 2.75) is 0 Å². The van der Waals surface area contributed by atoms with E-state index in [-0.39, 0.29) is 5.91 Å². The van der Waals surface area contributed by atoms with Crippen LogP contribution in [-0.4, -0.2) is 31.6 Å². The Morgan fingerprint density at radius 2 is 2.44 bits per heavy atom. The number of nitrogens with one attached hydrogen (secondary N) is 1. The molecule has 0 aromatic rings. The lowest BCUT2D eigenvalue weighted by molar-refractivity contribution is -0.125. The van der Waals surface area contributed by atoms with Gasteiger partial charge in [0.25, 0.3) is 0 Å². The minimum Gasteiger partial charge on any atom is -0.329 e. The third-order valence-corrected chi connectivity index (χ3v) is 0.946.